The van der Waals surface area contributed by atoms with Crippen molar-refractivity contribution in [1.82, 2.24) is 19.7 Å². The molecule has 0 aliphatic heterocycles. The molecule has 0 atom stereocenters. The molecule has 1 aliphatic rings. The van der Waals surface area contributed by atoms with Gasteiger partial charge in [-0.3, -0.25) is 9.59 Å². The first-order valence-electron chi connectivity index (χ1n) is 10.0. The zero-order valence-corrected chi connectivity index (χ0v) is 16.7. The van der Waals surface area contributed by atoms with E-state index in [0.29, 0.717) is 11.9 Å². The number of hydrogen-bond donors (Lipinski definition) is 1. The van der Waals surface area contributed by atoms with E-state index in [1.165, 1.54) is 16.8 Å². The molecule has 7 heteroatoms. The van der Waals surface area contributed by atoms with Crippen LogP contribution in [0.15, 0.2) is 35.3 Å². The van der Waals surface area contributed by atoms with Crippen LogP contribution in [0.25, 0.3) is 10.8 Å². The van der Waals surface area contributed by atoms with Gasteiger partial charge in [0.25, 0.3) is 5.56 Å². The Kier molecular flexibility index (Phi) is 5.22. The Morgan fingerprint density at radius 2 is 1.86 bits per heavy atom. The molecule has 0 unspecified atom stereocenters. The van der Waals surface area contributed by atoms with Crippen molar-refractivity contribution in [3.8, 4) is 0 Å². The Morgan fingerprint density at radius 1 is 1.17 bits per heavy atom. The van der Waals surface area contributed by atoms with E-state index in [-0.39, 0.29) is 29.9 Å². The second-order valence-corrected chi connectivity index (χ2v) is 7.83. The monoisotopic (exact) mass is 396 g/mol. The van der Waals surface area contributed by atoms with Crippen molar-refractivity contribution >= 4 is 16.7 Å². The summed E-state index contributed by atoms with van der Waals surface area (Å²) in [4.78, 5) is 25.4. The lowest BCUT2D eigenvalue weighted by atomic mass is 10.2. The van der Waals surface area contributed by atoms with Gasteiger partial charge in [-0.25, -0.2) is 9.07 Å². The van der Waals surface area contributed by atoms with Gasteiger partial charge in [0.2, 0.25) is 5.91 Å². The molecular weight excluding hydrogens is 371 g/mol. The molecule has 2 heterocycles. The van der Waals surface area contributed by atoms with Crippen molar-refractivity contribution in [2.24, 2.45) is 0 Å². The van der Waals surface area contributed by atoms with Crippen LogP contribution in [0.2, 0.25) is 0 Å². The molecule has 1 saturated carbocycles. The quantitative estimate of drug-likeness (QED) is 0.721. The second kappa shape index (κ2) is 7.81. The van der Waals surface area contributed by atoms with Gasteiger partial charge in [0.05, 0.1) is 11.6 Å². The van der Waals surface area contributed by atoms with Crippen LogP contribution in [-0.4, -0.2) is 26.3 Å². The maximum Gasteiger partial charge on any atom is 0.276 e. The minimum Gasteiger partial charge on any atom is -0.352 e. The van der Waals surface area contributed by atoms with Gasteiger partial charge in [-0.05, 0) is 44.4 Å². The second-order valence-electron chi connectivity index (χ2n) is 7.83. The molecule has 0 spiro atoms. The average Bonchev–Trinajstić information content (AvgIpc) is 3.28. The van der Waals surface area contributed by atoms with Crippen molar-refractivity contribution < 1.29 is 9.18 Å². The molecule has 3 aromatic rings. The maximum absolute atomic E-state index is 13.2. The number of aromatic nitrogens is 3. The van der Waals surface area contributed by atoms with Crippen LogP contribution in [0.1, 0.15) is 42.6 Å². The number of aryl methyl sites for hydroxylation is 2. The first-order chi connectivity index (χ1) is 13.9. The highest BCUT2D eigenvalue weighted by Crippen LogP contribution is 2.23. The molecule has 1 aromatic carbocycles. The molecule has 0 saturated heterocycles. The fourth-order valence-electron chi connectivity index (χ4n) is 4.25. The number of nitrogens with zero attached hydrogens (tertiary/aromatic N) is 3. The number of benzene rings is 1. The van der Waals surface area contributed by atoms with Crippen LogP contribution in [0.4, 0.5) is 4.39 Å². The Labute approximate surface area is 168 Å². The Bertz CT molecular complexity index is 1110. The third kappa shape index (κ3) is 3.81. The fourth-order valence-corrected chi connectivity index (χ4v) is 4.25. The van der Waals surface area contributed by atoms with Gasteiger partial charge >= 0.3 is 0 Å². The standard InChI is InChI=1S/C22H25FN4O2/c1-14-19-11-24-27(13-20(28)25-18-5-3-4-6-18)22(29)21(19)15(2)26(14)12-16-7-9-17(23)10-8-16/h7-11,18H,3-6,12-13H2,1-2H3,(H,25,28). The first-order valence-corrected chi connectivity index (χ1v) is 10.0. The molecule has 0 bridgehead atoms. The topological polar surface area (TPSA) is 68.9 Å². The van der Waals surface area contributed by atoms with Gasteiger partial charge in [0.15, 0.2) is 0 Å². The van der Waals surface area contributed by atoms with Gasteiger partial charge < -0.3 is 9.88 Å². The van der Waals surface area contributed by atoms with Crippen LogP contribution < -0.4 is 10.9 Å². The maximum atomic E-state index is 13.2. The van der Waals surface area contributed by atoms with Gasteiger partial charge in [0.1, 0.15) is 12.4 Å². The van der Waals surface area contributed by atoms with E-state index >= 15 is 0 Å². The smallest absolute Gasteiger partial charge is 0.276 e. The van der Waals surface area contributed by atoms with E-state index in [1.54, 1.807) is 18.3 Å². The minimum absolute atomic E-state index is 0.0765. The van der Waals surface area contributed by atoms with E-state index in [2.05, 4.69) is 10.4 Å². The lowest BCUT2D eigenvalue weighted by molar-refractivity contribution is -0.122. The zero-order valence-electron chi connectivity index (χ0n) is 16.7. The highest BCUT2D eigenvalue weighted by Gasteiger charge is 2.20. The number of rotatable bonds is 5. The Balaban J connectivity index is 1.63. The first kappa shape index (κ1) is 19.4. The summed E-state index contributed by atoms with van der Waals surface area (Å²) in [6.07, 6.45) is 5.92. The summed E-state index contributed by atoms with van der Waals surface area (Å²) < 4.78 is 16.5. The van der Waals surface area contributed by atoms with Crippen LogP contribution in [0.5, 0.6) is 0 Å². The van der Waals surface area contributed by atoms with E-state index in [9.17, 15) is 14.0 Å². The lowest BCUT2D eigenvalue weighted by Crippen LogP contribution is -2.38. The zero-order chi connectivity index (χ0) is 20.5. The van der Waals surface area contributed by atoms with Crippen molar-refractivity contribution in [1.29, 1.82) is 0 Å². The van der Waals surface area contributed by atoms with Crippen molar-refractivity contribution in [2.75, 3.05) is 0 Å². The van der Waals surface area contributed by atoms with Gasteiger partial charge in [-0.2, -0.15) is 5.10 Å². The van der Waals surface area contributed by atoms with Crippen LogP contribution in [-0.2, 0) is 17.9 Å². The number of fused-ring (bicyclic) bond motifs is 1. The number of nitrogens with one attached hydrogen (secondary N) is 1. The van der Waals surface area contributed by atoms with Crippen LogP contribution in [0.3, 0.4) is 0 Å². The molecule has 2 aromatic heterocycles. The largest absolute Gasteiger partial charge is 0.352 e. The molecule has 1 fully saturated rings. The predicted molar refractivity (Wildman–Crippen MR) is 109 cm³/mol. The van der Waals surface area contributed by atoms with Crippen molar-refractivity contribution in [3.05, 3.63) is 63.6 Å². The molecule has 4 rings (SSSR count). The van der Waals surface area contributed by atoms with Gasteiger partial charge in [-0.1, -0.05) is 25.0 Å². The summed E-state index contributed by atoms with van der Waals surface area (Å²) in [6.45, 7) is 4.29. The predicted octanol–water partition coefficient (Wildman–Crippen LogP) is 3.06. The average molecular weight is 396 g/mol. The molecule has 0 radical (unpaired) electrons. The summed E-state index contributed by atoms with van der Waals surface area (Å²) >= 11 is 0. The molecule has 1 N–H and O–H groups in total. The van der Waals surface area contributed by atoms with Crippen LogP contribution >= 0.6 is 0 Å². The Hall–Kier alpha value is -2.96. The molecule has 152 valence electrons. The normalized spacial score (nSPS) is 14.6. The summed E-state index contributed by atoms with van der Waals surface area (Å²) in [5.41, 5.74) is 2.43. The summed E-state index contributed by atoms with van der Waals surface area (Å²) in [5, 5.41) is 8.59. The minimum atomic E-state index is -0.275. The van der Waals surface area contributed by atoms with Gasteiger partial charge in [0, 0.05) is 29.4 Å². The number of halogens is 1. The highest BCUT2D eigenvalue weighted by molar-refractivity contribution is 5.87. The van der Waals surface area contributed by atoms with E-state index < -0.39 is 0 Å². The summed E-state index contributed by atoms with van der Waals surface area (Å²) in [6, 6.07) is 6.55. The molecule has 29 heavy (non-hydrogen) atoms. The van der Waals surface area contributed by atoms with Crippen molar-refractivity contribution in [2.45, 2.75) is 58.7 Å². The molecule has 1 amide bonds. The highest BCUT2D eigenvalue weighted by atomic mass is 19.1. The number of carbonyl (C=O) groups is 1. The van der Waals surface area contributed by atoms with E-state index in [1.807, 2.05) is 18.4 Å². The SMILES string of the molecule is Cc1c2cnn(CC(=O)NC3CCCC3)c(=O)c2c(C)n1Cc1ccc(F)cc1. The van der Waals surface area contributed by atoms with Crippen LogP contribution in [0, 0.1) is 19.7 Å². The summed E-state index contributed by atoms with van der Waals surface area (Å²) in [7, 11) is 0. The third-order valence-corrected chi connectivity index (χ3v) is 5.87. The lowest BCUT2D eigenvalue weighted by Gasteiger charge is -2.12. The van der Waals surface area contributed by atoms with Gasteiger partial charge in [-0.15, -0.1) is 0 Å². The van der Waals surface area contributed by atoms with Crippen molar-refractivity contribution in [3.63, 3.8) is 0 Å². The summed E-state index contributed by atoms with van der Waals surface area (Å²) in [5.74, 6) is -0.450. The molecular formula is C22H25FN4O2. The molecule has 1 aliphatic carbocycles. The fraction of sp³-hybridized carbons (Fsp3) is 0.409. The Morgan fingerprint density at radius 3 is 2.55 bits per heavy atom. The van der Waals surface area contributed by atoms with E-state index in [0.717, 1.165) is 48.0 Å². The number of hydrogen-bond acceptors (Lipinski definition) is 3. The van der Waals surface area contributed by atoms with E-state index in [4.69, 9.17) is 0 Å². The number of amides is 1. The third-order valence-electron chi connectivity index (χ3n) is 5.87. The molecule has 6 nitrogen and oxygen atoms in total. The number of carbonyl (C=O) groups excluding carboxylic acids is 1.